The predicted molar refractivity (Wildman–Crippen MR) is 49.0 cm³/mol. The van der Waals surface area contributed by atoms with Crippen LogP contribution in [-0.2, 0) is 9.53 Å². The van der Waals surface area contributed by atoms with Crippen molar-refractivity contribution >= 4 is 5.91 Å². The van der Waals surface area contributed by atoms with E-state index in [1.165, 1.54) is 0 Å². The second-order valence-electron chi connectivity index (χ2n) is 2.98. The fraction of sp³-hybridized carbons (Fsp3) is 0.889. The molecule has 0 rings (SSSR count). The van der Waals surface area contributed by atoms with Crippen LogP contribution in [0.25, 0.3) is 0 Å². The maximum absolute atomic E-state index is 10.9. The summed E-state index contributed by atoms with van der Waals surface area (Å²) in [6, 6.07) is 0. The first-order valence-corrected chi connectivity index (χ1v) is 4.55. The second kappa shape index (κ2) is 7.10. The molecule has 0 saturated heterocycles. The molecule has 0 aliphatic carbocycles. The highest BCUT2D eigenvalue weighted by molar-refractivity contribution is 5.75. The van der Waals surface area contributed by atoms with Gasteiger partial charge in [0.1, 0.15) is 0 Å². The van der Waals surface area contributed by atoms with Crippen molar-refractivity contribution in [1.29, 1.82) is 0 Å². The van der Waals surface area contributed by atoms with Gasteiger partial charge < -0.3 is 10.1 Å². The van der Waals surface area contributed by atoms with Gasteiger partial charge >= 0.3 is 0 Å². The van der Waals surface area contributed by atoms with Gasteiger partial charge in [-0.1, -0.05) is 0 Å². The van der Waals surface area contributed by atoms with Crippen LogP contribution >= 0.6 is 0 Å². The molecule has 0 atom stereocenters. The number of nitrogens with one attached hydrogen (secondary N) is 1. The third kappa shape index (κ3) is 7.54. The van der Waals surface area contributed by atoms with E-state index in [0.29, 0.717) is 19.6 Å². The number of ether oxygens (including phenoxy) is 1. The van der Waals surface area contributed by atoms with Crippen molar-refractivity contribution in [3.63, 3.8) is 0 Å². The van der Waals surface area contributed by atoms with Crippen LogP contribution < -0.4 is 5.32 Å². The molecule has 0 aliphatic rings. The lowest BCUT2D eigenvalue weighted by molar-refractivity contribution is -0.121. The Morgan fingerprint density at radius 3 is 2.67 bits per heavy atom. The van der Waals surface area contributed by atoms with Gasteiger partial charge in [0.05, 0.1) is 6.10 Å². The van der Waals surface area contributed by atoms with Crippen LogP contribution in [0, 0.1) is 0 Å². The van der Waals surface area contributed by atoms with Crippen molar-refractivity contribution < 1.29 is 9.53 Å². The van der Waals surface area contributed by atoms with Gasteiger partial charge in [-0.3, -0.25) is 4.79 Å². The Hall–Kier alpha value is -0.570. The first-order valence-electron chi connectivity index (χ1n) is 4.55. The molecule has 0 aromatic heterocycles. The Balaban J connectivity index is 3.14. The Labute approximate surface area is 74.5 Å². The molecule has 0 heterocycles. The predicted octanol–water partition coefficient (Wildman–Crippen LogP) is 1.33. The van der Waals surface area contributed by atoms with Gasteiger partial charge in [0.15, 0.2) is 0 Å². The van der Waals surface area contributed by atoms with Crippen LogP contribution in [0.15, 0.2) is 0 Å². The molecule has 12 heavy (non-hydrogen) atoms. The Bertz CT molecular complexity index is 124. The third-order valence-electron chi connectivity index (χ3n) is 1.37. The first kappa shape index (κ1) is 11.4. The highest BCUT2D eigenvalue weighted by atomic mass is 16.5. The monoisotopic (exact) mass is 173 g/mol. The van der Waals surface area contributed by atoms with Gasteiger partial charge in [-0.15, -0.1) is 0 Å². The highest BCUT2D eigenvalue weighted by Crippen LogP contribution is 1.93. The van der Waals surface area contributed by atoms with Crippen molar-refractivity contribution in [2.75, 3.05) is 13.2 Å². The average molecular weight is 173 g/mol. The topological polar surface area (TPSA) is 38.3 Å². The summed E-state index contributed by atoms with van der Waals surface area (Å²) in [4.78, 5) is 10.9. The van der Waals surface area contributed by atoms with Gasteiger partial charge in [-0.2, -0.15) is 0 Å². The summed E-state index contributed by atoms with van der Waals surface area (Å²) in [6.45, 7) is 7.29. The molecule has 1 amide bonds. The molecule has 0 radical (unpaired) electrons. The molecular weight excluding hydrogens is 154 g/mol. The number of amides is 1. The fourth-order valence-corrected chi connectivity index (χ4v) is 0.837. The summed E-state index contributed by atoms with van der Waals surface area (Å²) in [6.07, 6.45) is 1.64. The van der Waals surface area contributed by atoms with Crippen LogP contribution in [0.1, 0.15) is 33.6 Å². The molecule has 72 valence electrons. The van der Waals surface area contributed by atoms with E-state index in [4.69, 9.17) is 4.74 Å². The highest BCUT2D eigenvalue weighted by Gasteiger charge is 1.99. The van der Waals surface area contributed by atoms with E-state index in [2.05, 4.69) is 5.32 Å². The molecule has 0 saturated carbocycles. The smallest absolute Gasteiger partial charge is 0.220 e. The largest absolute Gasteiger partial charge is 0.379 e. The van der Waals surface area contributed by atoms with Crippen molar-refractivity contribution in [1.82, 2.24) is 5.32 Å². The Kier molecular flexibility index (Phi) is 6.76. The summed E-state index contributed by atoms with van der Waals surface area (Å²) in [5.74, 6) is 0.116. The van der Waals surface area contributed by atoms with E-state index in [1.54, 1.807) is 0 Å². The average Bonchev–Trinajstić information content (AvgIpc) is 1.98. The van der Waals surface area contributed by atoms with Crippen molar-refractivity contribution in [3.8, 4) is 0 Å². The SMILES string of the molecule is CCNC(=O)CCCOC(C)C. The molecular formula is C9H19NO2. The minimum Gasteiger partial charge on any atom is -0.379 e. The summed E-state index contributed by atoms with van der Waals surface area (Å²) < 4.78 is 5.29. The van der Waals surface area contributed by atoms with E-state index < -0.39 is 0 Å². The minimum atomic E-state index is 0.116. The maximum Gasteiger partial charge on any atom is 0.220 e. The summed E-state index contributed by atoms with van der Waals surface area (Å²) in [5.41, 5.74) is 0. The number of rotatable bonds is 6. The lowest BCUT2D eigenvalue weighted by Gasteiger charge is -2.06. The van der Waals surface area contributed by atoms with E-state index in [9.17, 15) is 4.79 Å². The minimum absolute atomic E-state index is 0.116. The molecule has 1 N–H and O–H groups in total. The molecule has 0 fully saturated rings. The molecule has 0 unspecified atom stereocenters. The van der Waals surface area contributed by atoms with Gasteiger partial charge in [0.2, 0.25) is 5.91 Å². The third-order valence-corrected chi connectivity index (χ3v) is 1.37. The van der Waals surface area contributed by atoms with E-state index in [0.717, 1.165) is 6.42 Å². The molecule has 0 bridgehead atoms. The first-order chi connectivity index (χ1) is 5.66. The van der Waals surface area contributed by atoms with E-state index in [1.807, 2.05) is 20.8 Å². The maximum atomic E-state index is 10.9. The van der Waals surface area contributed by atoms with Crippen molar-refractivity contribution in [3.05, 3.63) is 0 Å². The molecule has 3 heteroatoms. The van der Waals surface area contributed by atoms with Crippen LogP contribution in [0.2, 0.25) is 0 Å². The summed E-state index contributed by atoms with van der Waals surface area (Å²) in [5, 5.41) is 2.74. The fourth-order valence-electron chi connectivity index (χ4n) is 0.837. The van der Waals surface area contributed by atoms with Gasteiger partial charge in [-0.05, 0) is 27.2 Å². The summed E-state index contributed by atoms with van der Waals surface area (Å²) >= 11 is 0. The summed E-state index contributed by atoms with van der Waals surface area (Å²) in [7, 11) is 0. The molecule has 0 spiro atoms. The standard InChI is InChI=1S/C9H19NO2/c1-4-10-9(11)6-5-7-12-8(2)3/h8H,4-7H2,1-3H3,(H,10,11). The zero-order valence-electron chi connectivity index (χ0n) is 8.22. The Morgan fingerprint density at radius 1 is 1.50 bits per heavy atom. The van der Waals surface area contributed by atoms with Crippen LogP contribution in [-0.4, -0.2) is 25.2 Å². The lowest BCUT2D eigenvalue weighted by Crippen LogP contribution is -2.22. The number of carbonyl (C=O) groups excluding carboxylic acids is 1. The molecule has 0 aromatic rings. The normalized spacial score (nSPS) is 10.3. The van der Waals surface area contributed by atoms with Crippen LogP contribution in [0.5, 0.6) is 0 Å². The zero-order valence-corrected chi connectivity index (χ0v) is 8.22. The molecule has 3 nitrogen and oxygen atoms in total. The number of hydrogen-bond acceptors (Lipinski definition) is 2. The van der Waals surface area contributed by atoms with E-state index in [-0.39, 0.29) is 12.0 Å². The lowest BCUT2D eigenvalue weighted by atomic mass is 10.3. The van der Waals surface area contributed by atoms with Crippen LogP contribution in [0.3, 0.4) is 0 Å². The van der Waals surface area contributed by atoms with Crippen molar-refractivity contribution in [2.45, 2.75) is 39.7 Å². The quantitative estimate of drug-likeness (QED) is 0.615. The number of carbonyl (C=O) groups is 1. The van der Waals surface area contributed by atoms with E-state index >= 15 is 0 Å². The van der Waals surface area contributed by atoms with Gasteiger partial charge in [0.25, 0.3) is 0 Å². The zero-order chi connectivity index (χ0) is 9.40. The second-order valence-corrected chi connectivity index (χ2v) is 2.98. The number of hydrogen-bond donors (Lipinski definition) is 1. The van der Waals surface area contributed by atoms with Gasteiger partial charge in [0, 0.05) is 19.6 Å². The molecule has 0 aliphatic heterocycles. The van der Waals surface area contributed by atoms with Crippen molar-refractivity contribution in [2.24, 2.45) is 0 Å². The van der Waals surface area contributed by atoms with Gasteiger partial charge in [-0.25, -0.2) is 0 Å². The Morgan fingerprint density at radius 2 is 2.17 bits per heavy atom. The van der Waals surface area contributed by atoms with Crippen LogP contribution in [0.4, 0.5) is 0 Å². The molecule has 0 aromatic carbocycles.